The van der Waals surface area contributed by atoms with Gasteiger partial charge >= 0.3 is 0 Å². The maximum Gasteiger partial charge on any atom is 0.207 e. The fraction of sp³-hybridized carbons (Fsp3) is 1.00. The van der Waals surface area contributed by atoms with Gasteiger partial charge in [0.15, 0.2) is 0 Å². The first kappa shape index (κ1) is 9.25. The zero-order valence-electron chi connectivity index (χ0n) is 4.76. The Balaban J connectivity index is 3.55. The molecule has 0 amide bonds. The standard InChI is InChI=1S/C3H8ClOPS2/c1-3-8-6(4,7)5-2/h3H2,1-2H3. The summed E-state index contributed by atoms with van der Waals surface area (Å²) in [7, 11) is 1.55. The quantitative estimate of drug-likeness (QED) is 0.634. The first-order valence-electron chi connectivity index (χ1n) is 2.12. The summed E-state index contributed by atoms with van der Waals surface area (Å²) in [5, 5.41) is 0. The van der Waals surface area contributed by atoms with Gasteiger partial charge in [0.2, 0.25) is 4.82 Å². The second-order valence-electron chi connectivity index (χ2n) is 1.03. The van der Waals surface area contributed by atoms with E-state index < -0.39 is 4.82 Å². The molecule has 0 aliphatic carbocycles. The van der Waals surface area contributed by atoms with Gasteiger partial charge < -0.3 is 4.52 Å². The highest BCUT2D eigenvalue weighted by Crippen LogP contribution is 2.63. The van der Waals surface area contributed by atoms with Crippen LogP contribution in [0.5, 0.6) is 0 Å². The van der Waals surface area contributed by atoms with E-state index in [2.05, 4.69) is 0 Å². The summed E-state index contributed by atoms with van der Waals surface area (Å²) in [5.41, 5.74) is 0. The van der Waals surface area contributed by atoms with Crippen LogP contribution in [0.15, 0.2) is 0 Å². The van der Waals surface area contributed by atoms with Crippen LogP contribution in [0.3, 0.4) is 0 Å². The number of hydrogen-bond acceptors (Lipinski definition) is 3. The smallest absolute Gasteiger partial charge is 0.207 e. The summed E-state index contributed by atoms with van der Waals surface area (Å²) in [6.45, 7) is 2.01. The maximum absolute atomic E-state index is 5.69. The average Bonchev–Trinajstić information content (AvgIpc) is 1.67. The first-order valence-corrected chi connectivity index (χ1v) is 7.34. The highest BCUT2D eigenvalue weighted by molar-refractivity contribution is 8.76. The monoisotopic (exact) mass is 190 g/mol. The van der Waals surface area contributed by atoms with Crippen LogP contribution >= 0.6 is 27.4 Å². The molecule has 0 aromatic carbocycles. The summed E-state index contributed by atoms with van der Waals surface area (Å²) in [6, 6.07) is 0. The van der Waals surface area contributed by atoms with Crippen LogP contribution in [0.25, 0.3) is 0 Å². The van der Waals surface area contributed by atoms with Gasteiger partial charge in [-0.3, -0.25) is 0 Å². The molecule has 5 heteroatoms. The molecule has 0 aromatic heterocycles. The van der Waals surface area contributed by atoms with Crippen LogP contribution in [0.4, 0.5) is 0 Å². The molecule has 1 nitrogen and oxygen atoms in total. The van der Waals surface area contributed by atoms with E-state index in [1.54, 1.807) is 7.11 Å². The van der Waals surface area contributed by atoms with Crippen LogP contribution < -0.4 is 0 Å². The van der Waals surface area contributed by atoms with E-state index >= 15 is 0 Å². The van der Waals surface area contributed by atoms with E-state index in [4.69, 9.17) is 27.6 Å². The molecule has 1 atom stereocenters. The Morgan fingerprint density at radius 3 is 2.50 bits per heavy atom. The third-order valence-electron chi connectivity index (χ3n) is 0.501. The van der Waals surface area contributed by atoms with Crippen molar-refractivity contribution in [2.75, 3.05) is 12.9 Å². The van der Waals surface area contributed by atoms with Crippen LogP contribution in [0, 0.1) is 0 Å². The molecule has 0 aliphatic heterocycles. The molecule has 8 heavy (non-hydrogen) atoms. The Hall–Kier alpha value is 1.25. The van der Waals surface area contributed by atoms with E-state index in [9.17, 15) is 0 Å². The van der Waals surface area contributed by atoms with Gasteiger partial charge in [0.25, 0.3) is 0 Å². The summed E-state index contributed by atoms with van der Waals surface area (Å²) in [6.07, 6.45) is 0. The summed E-state index contributed by atoms with van der Waals surface area (Å²) < 4.78 is 4.83. The SMILES string of the molecule is CCSP(=S)(Cl)OC. The van der Waals surface area contributed by atoms with Gasteiger partial charge in [0, 0.05) is 7.11 Å². The minimum atomic E-state index is -1.95. The molecule has 0 N–H and O–H groups in total. The van der Waals surface area contributed by atoms with E-state index in [0.717, 1.165) is 5.75 Å². The van der Waals surface area contributed by atoms with Gasteiger partial charge in [-0.05, 0) is 28.8 Å². The first-order chi connectivity index (χ1) is 3.62. The van der Waals surface area contributed by atoms with E-state index in [1.807, 2.05) is 6.92 Å². The Morgan fingerprint density at radius 2 is 2.38 bits per heavy atom. The fourth-order valence-electron chi connectivity index (χ4n) is 0.207. The van der Waals surface area contributed by atoms with Crippen molar-refractivity contribution in [1.82, 2.24) is 0 Å². The Bertz CT molecular complexity index is 107. The predicted octanol–water partition coefficient (Wildman–Crippen LogP) is 2.85. The van der Waals surface area contributed by atoms with Gasteiger partial charge in [-0.15, -0.1) is 0 Å². The molecular formula is C3H8ClOPS2. The molecule has 0 bridgehead atoms. The normalized spacial score (nSPS) is 17.9. The van der Waals surface area contributed by atoms with Gasteiger partial charge in [-0.25, -0.2) is 0 Å². The van der Waals surface area contributed by atoms with E-state index in [0.29, 0.717) is 0 Å². The molecule has 0 saturated carbocycles. The van der Waals surface area contributed by atoms with Crippen molar-refractivity contribution in [3.63, 3.8) is 0 Å². The van der Waals surface area contributed by atoms with Gasteiger partial charge in [-0.2, -0.15) is 0 Å². The topological polar surface area (TPSA) is 9.23 Å². The Labute approximate surface area is 63.8 Å². The minimum Gasteiger partial charge on any atom is -0.334 e. The lowest BCUT2D eigenvalue weighted by molar-refractivity contribution is 0.480. The summed E-state index contributed by atoms with van der Waals surface area (Å²) in [4.78, 5) is -1.95. The number of rotatable bonds is 3. The van der Waals surface area contributed by atoms with Crippen LogP contribution in [0.2, 0.25) is 0 Å². The third-order valence-corrected chi connectivity index (χ3v) is 6.34. The molecule has 0 radical (unpaired) electrons. The minimum absolute atomic E-state index is 0.925. The molecule has 0 heterocycles. The summed E-state index contributed by atoms with van der Waals surface area (Å²) in [5.74, 6) is 0.925. The fourth-order valence-corrected chi connectivity index (χ4v) is 3.69. The van der Waals surface area contributed by atoms with Crippen LogP contribution in [-0.4, -0.2) is 12.9 Å². The van der Waals surface area contributed by atoms with Gasteiger partial charge in [0.05, 0.1) is 0 Å². The maximum atomic E-state index is 5.69. The van der Waals surface area contributed by atoms with Crippen molar-refractivity contribution >= 4 is 39.2 Å². The number of hydrogen-bond donors (Lipinski definition) is 0. The second kappa shape index (κ2) is 4.13. The molecule has 50 valence electrons. The Morgan fingerprint density at radius 1 is 1.88 bits per heavy atom. The number of halogens is 1. The molecule has 0 fully saturated rings. The van der Waals surface area contributed by atoms with Crippen molar-refractivity contribution in [2.45, 2.75) is 6.92 Å². The lowest BCUT2D eigenvalue weighted by Crippen LogP contribution is -1.69. The van der Waals surface area contributed by atoms with Gasteiger partial charge in [-0.1, -0.05) is 18.3 Å². The Kier molecular flexibility index (Phi) is 4.77. The van der Waals surface area contributed by atoms with E-state index in [1.165, 1.54) is 11.4 Å². The van der Waals surface area contributed by atoms with Crippen molar-refractivity contribution in [1.29, 1.82) is 0 Å². The predicted molar refractivity (Wildman–Crippen MR) is 45.3 cm³/mol. The zero-order valence-corrected chi connectivity index (χ0v) is 8.04. The van der Waals surface area contributed by atoms with Gasteiger partial charge in [0.1, 0.15) is 0 Å². The van der Waals surface area contributed by atoms with Crippen LogP contribution in [0.1, 0.15) is 6.92 Å². The molecule has 0 spiro atoms. The molecular weight excluding hydrogens is 183 g/mol. The molecule has 1 unspecified atom stereocenters. The molecule has 0 aliphatic rings. The lowest BCUT2D eigenvalue weighted by Gasteiger charge is -2.07. The molecule has 0 aromatic rings. The highest BCUT2D eigenvalue weighted by Gasteiger charge is 2.08. The van der Waals surface area contributed by atoms with Crippen molar-refractivity contribution in [3.8, 4) is 0 Å². The lowest BCUT2D eigenvalue weighted by atomic mass is 11.0. The second-order valence-corrected chi connectivity index (χ2v) is 10.3. The van der Waals surface area contributed by atoms with E-state index in [-0.39, 0.29) is 0 Å². The average molecular weight is 191 g/mol. The molecule has 0 rings (SSSR count). The molecule has 0 saturated heterocycles. The third kappa shape index (κ3) is 4.16. The highest BCUT2D eigenvalue weighted by atomic mass is 35.7. The van der Waals surface area contributed by atoms with Crippen molar-refractivity contribution in [2.24, 2.45) is 0 Å². The van der Waals surface area contributed by atoms with Crippen LogP contribution in [-0.2, 0) is 16.3 Å². The summed E-state index contributed by atoms with van der Waals surface area (Å²) >= 11 is 12.1. The zero-order chi connectivity index (χ0) is 6.62. The largest absolute Gasteiger partial charge is 0.334 e. The van der Waals surface area contributed by atoms with Crippen molar-refractivity contribution < 1.29 is 4.52 Å². The van der Waals surface area contributed by atoms with Crippen molar-refractivity contribution in [3.05, 3.63) is 0 Å².